The highest BCUT2D eigenvalue weighted by molar-refractivity contribution is 4.75. The van der Waals surface area contributed by atoms with Crippen molar-refractivity contribution >= 4 is 0 Å². The van der Waals surface area contributed by atoms with Crippen LogP contribution in [0.2, 0.25) is 0 Å². The quantitative estimate of drug-likeness (QED) is 0.747. The van der Waals surface area contributed by atoms with E-state index in [0.29, 0.717) is 12.6 Å². The Morgan fingerprint density at radius 2 is 1.94 bits per heavy atom. The molecule has 1 aliphatic heterocycles. The number of aliphatic hydroxyl groups excluding tert-OH is 1. The van der Waals surface area contributed by atoms with E-state index in [-0.39, 0.29) is 0 Å². The summed E-state index contributed by atoms with van der Waals surface area (Å²) in [7, 11) is 0. The van der Waals surface area contributed by atoms with Crippen molar-refractivity contribution in [1.29, 1.82) is 0 Å². The third-order valence-corrected chi connectivity index (χ3v) is 3.81. The van der Waals surface area contributed by atoms with E-state index >= 15 is 0 Å². The van der Waals surface area contributed by atoms with Crippen molar-refractivity contribution in [3.05, 3.63) is 0 Å². The minimum Gasteiger partial charge on any atom is -0.395 e. The van der Waals surface area contributed by atoms with Gasteiger partial charge in [-0.1, -0.05) is 26.7 Å². The first kappa shape index (κ1) is 13.9. The van der Waals surface area contributed by atoms with Gasteiger partial charge in [0.1, 0.15) is 0 Å². The summed E-state index contributed by atoms with van der Waals surface area (Å²) in [5, 5.41) is 9.41. The Labute approximate surface area is 100 Å². The molecule has 0 aliphatic carbocycles. The molecule has 1 atom stereocenters. The predicted molar refractivity (Wildman–Crippen MR) is 68.7 cm³/mol. The van der Waals surface area contributed by atoms with Crippen LogP contribution in [0.15, 0.2) is 0 Å². The monoisotopic (exact) mass is 228 g/mol. The number of aliphatic hydroxyl groups is 1. The number of likely N-dealkylation sites (N-methyl/N-ethyl adjacent to an activating group) is 1. The zero-order valence-electron chi connectivity index (χ0n) is 11.0. The van der Waals surface area contributed by atoms with E-state index in [0.717, 1.165) is 26.2 Å². The minimum atomic E-state index is 0.332. The van der Waals surface area contributed by atoms with Gasteiger partial charge in [-0.3, -0.25) is 4.90 Å². The van der Waals surface area contributed by atoms with Gasteiger partial charge in [-0.2, -0.15) is 0 Å². The summed E-state index contributed by atoms with van der Waals surface area (Å²) in [5.74, 6) is 0. The van der Waals surface area contributed by atoms with E-state index in [9.17, 15) is 5.11 Å². The van der Waals surface area contributed by atoms with Gasteiger partial charge >= 0.3 is 0 Å². The standard InChI is InChI=1S/C13H28N2O/c1-3-14(4-2)10-11-15-9-7-5-6-8-13(15)12-16/h13,16H,3-12H2,1-2H3. The Kier molecular flexibility index (Phi) is 7.01. The van der Waals surface area contributed by atoms with Gasteiger partial charge in [0.25, 0.3) is 0 Å². The Morgan fingerprint density at radius 3 is 2.56 bits per heavy atom. The molecule has 1 aliphatic rings. The summed E-state index contributed by atoms with van der Waals surface area (Å²) in [4.78, 5) is 4.95. The van der Waals surface area contributed by atoms with Crippen LogP contribution in [0.1, 0.15) is 39.5 Å². The normalized spacial score (nSPS) is 23.6. The van der Waals surface area contributed by atoms with Crippen LogP contribution in [0.3, 0.4) is 0 Å². The zero-order chi connectivity index (χ0) is 11.8. The highest BCUT2D eigenvalue weighted by atomic mass is 16.3. The van der Waals surface area contributed by atoms with Gasteiger partial charge in [0.2, 0.25) is 0 Å². The van der Waals surface area contributed by atoms with Gasteiger partial charge < -0.3 is 10.0 Å². The lowest BCUT2D eigenvalue weighted by molar-refractivity contribution is 0.112. The van der Waals surface area contributed by atoms with Gasteiger partial charge in [0, 0.05) is 19.1 Å². The van der Waals surface area contributed by atoms with Crippen molar-refractivity contribution in [3.8, 4) is 0 Å². The fourth-order valence-electron chi connectivity index (χ4n) is 2.55. The van der Waals surface area contributed by atoms with Crippen LogP contribution in [0.4, 0.5) is 0 Å². The maximum atomic E-state index is 9.41. The van der Waals surface area contributed by atoms with E-state index in [1.54, 1.807) is 0 Å². The van der Waals surface area contributed by atoms with E-state index in [1.165, 1.54) is 32.2 Å². The molecule has 1 saturated heterocycles. The molecule has 0 bridgehead atoms. The molecule has 1 heterocycles. The molecule has 1 rings (SSSR count). The Balaban J connectivity index is 2.36. The number of nitrogens with zero attached hydrogens (tertiary/aromatic N) is 2. The first-order valence-corrected chi connectivity index (χ1v) is 6.89. The fraction of sp³-hybridized carbons (Fsp3) is 1.00. The van der Waals surface area contributed by atoms with Crippen molar-refractivity contribution < 1.29 is 5.11 Å². The maximum absolute atomic E-state index is 9.41. The molecular formula is C13H28N2O. The van der Waals surface area contributed by atoms with Crippen LogP contribution < -0.4 is 0 Å². The molecule has 96 valence electrons. The lowest BCUT2D eigenvalue weighted by atomic mass is 10.1. The van der Waals surface area contributed by atoms with Crippen LogP contribution in [-0.2, 0) is 0 Å². The third kappa shape index (κ3) is 4.40. The van der Waals surface area contributed by atoms with Crippen LogP contribution in [0.5, 0.6) is 0 Å². The summed E-state index contributed by atoms with van der Waals surface area (Å²) < 4.78 is 0. The largest absolute Gasteiger partial charge is 0.395 e. The van der Waals surface area contributed by atoms with E-state index in [2.05, 4.69) is 23.6 Å². The molecule has 0 amide bonds. The molecule has 3 nitrogen and oxygen atoms in total. The van der Waals surface area contributed by atoms with Crippen molar-refractivity contribution in [3.63, 3.8) is 0 Å². The molecule has 1 fully saturated rings. The molecular weight excluding hydrogens is 200 g/mol. The van der Waals surface area contributed by atoms with Crippen molar-refractivity contribution in [2.45, 2.75) is 45.6 Å². The van der Waals surface area contributed by atoms with Crippen molar-refractivity contribution in [2.24, 2.45) is 0 Å². The molecule has 0 aromatic heterocycles. The number of rotatable bonds is 6. The smallest absolute Gasteiger partial charge is 0.0586 e. The summed E-state index contributed by atoms with van der Waals surface area (Å²) in [6, 6.07) is 0.415. The number of likely N-dealkylation sites (tertiary alicyclic amines) is 1. The highest BCUT2D eigenvalue weighted by Crippen LogP contribution is 2.16. The van der Waals surface area contributed by atoms with E-state index < -0.39 is 0 Å². The lowest BCUT2D eigenvalue weighted by Gasteiger charge is -2.30. The van der Waals surface area contributed by atoms with Gasteiger partial charge in [-0.25, -0.2) is 0 Å². The van der Waals surface area contributed by atoms with E-state index in [4.69, 9.17) is 0 Å². The zero-order valence-corrected chi connectivity index (χ0v) is 11.0. The molecule has 0 saturated carbocycles. The Hall–Kier alpha value is -0.120. The summed E-state index contributed by atoms with van der Waals surface area (Å²) >= 11 is 0. The SMILES string of the molecule is CCN(CC)CCN1CCCCCC1CO. The second-order valence-corrected chi connectivity index (χ2v) is 4.75. The first-order valence-electron chi connectivity index (χ1n) is 6.89. The predicted octanol–water partition coefficient (Wildman–Crippen LogP) is 1.57. The maximum Gasteiger partial charge on any atom is 0.0586 e. The third-order valence-electron chi connectivity index (χ3n) is 3.81. The molecule has 1 unspecified atom stereocenters. The fourth-order valence-corrected chi connectivity index (χ4v) is 2.55. The van der Waals surface area contributed by atoms with Crippen molar-refractivity contribution in [2.75, 3.05) is 39.3 Å². The second kappa shape index (κ2) is 8.04. The molecule has 0 spiro atoms. The Bertz CT molecular complexity index is 171. The molecule has 0 aromatic carbocycles. The molecule has 1 N–H and O–H groups in total. The van der Waals surface area contributed by atoms with Crippen LogP contribution >= 0.6 is 0 Å². The molecule has 0 aromatic rings. The van der Waals surface area contributed by atoms with Crippen molar-refractivity contribution in [1.82, 2.24) is 9.80 Å². The molecule has 0 radical (unpaired) electrons. The molecule has 16 heavy (non-hydrogen) atoms. The Morgan fingerprint density at radius 1 is 1.19 bits per heavy atom. The van der Waals surface area contributed by atoms with E-state index in [1.807, 2.05) is 0 Å². The average molecular weight is 228 g/mol. The van der Waals surface area contributed by atoms with Gasteiger partial charge in [0.05, 0.1) is 6.61 Å². The number of hydrogen-bond donors (Lipinski definition) is 1. The number of hydrogen-bond acceptors (Lipinski definition) is 3. The first-order chi connectivity index (χ1) is 7.81. The molecule has 3 heteroatoms. The highest BCUT2D eigenvalue weighted by Gasteiger charge is 2.19. The van der Waals surface area contributed by atoms with Crippen LogP contribution in [0, 0.1) is 0 Å². The van der Waals surface area contributed by atoms with Gasteiger partial charge in [-0.15, -0.1) is 0 Å². The van der Waals surface area contributed by atoms with Gasteiger partial charge in [0.15, 0.2) is 0 Å². The minimum absolute atomic E-state index is 0.332. The lowest BCUT2D eigenvalue weighted by Crippen LogP contribution is -2.42. The summed E-state index contributed by atoms with van der Waals surface area (Å²) in [6.07, 6.45) is 5.09. The van der Waals surface area contributed by atoms with Crippen LogP contribution in [-0.4, -0.2) is 60.3 Å². The summed E-state index contributed by atoms with van der Waals surface area (Å²) in [5.41, 5.74) is 0. The second-order valence-electron chi connectivity index (χ2n) is 4.75. The van der Waals surface area contributed by atoms with Gasteiger partial charge in [-0.05, 0) is 32.5 Å². The topological polar surface area (TPSA) is 26.7 Å². The average Bonchev–Trinajstić information content (AvgIpc) is 2.55. The van der Waals surface area contributed by atoms with Crippen LogP contribution in [0.25, 0.3) is 0 Å². The summed E-state index contributed by atoms with van der Waals surface area (Å²) in [6.45, 7) is 10.5.